The molecule has 1 saturated carbocycles. The summed E-state index contributed by atoms with van der Waals surface area (Å²) in [6.07, 6.45) is 4.61. The zero-order valence-electron chi connectivity index (χ0n) is 11.6. The minimum atomic E-state index is -0.459. The maximum Gasteiger partial charge on any atom is 0.248 e. The summed E-state index contributed by atoms with van der Waals surface area (Å²) in [6, 6.07) is 5.00. The fourth-order valence-corrected chi connectivity index (χ4v) is 2.90. The van der Waals surface area contributed by atoms with Gasteiger partial charge in [0, 0.05) is 18.7 Å². The second kappa shape index (κ2) is 6.61. The van der Waals surface area contributed by atoms with Gasteiger partial charge < -0.3 is 21.9 Å². The second-order valence-electron chi connectivity index (χ2n) is 5.53. The minimum Gasteiger partial charge on any atom is -0.397 e. The first-order chi connectivity index (χ1) is 9.61. The minimum absolute atomic E-state index is 0.239. The zero-order chi connectivity index (χ0) is 14.5. The number of hydrogen-bond donors (Lipinski definition) is 4. The molecule has 20 heavy (non-hydrogen) atoms. The van der Waals surface area contributed by atoms with Crippen molar-refractivity contribution in [3.05, 3.63) is 23.8 Å². The molecular formula is C15H23N3O2. The lowest BCUT2D eigenvalue weighted by Crippen LogP contribution is -2.28. The van der Waals surface area contributed by atoms with E-state index in [2.05, 4.69) is 5.32 Å². The van der Waals surface area contributed by atoms with Crippen molar-refractivity contribution in [1.29, 1.82) is 0 Å². The molecule has 1 aromatic carbocycles. The molecule has 0 aromatic heterocycles. The van der Waals surface area contributed by atoms with Crippen LogP contribution in [0.25, 0.3) is 0 Å². The van der Waals surface area contributed by atoms with Gasteiger partial charge in [-0.2, -0.15) is 0 Å². The molecular weight excluding hydrogens is 254 g/mol. The number of anilines is 2. The number of carbonyl (C=O) groups is 1. The lowest BCUT2D eigenvalue weighted by atomic mass is 9.79. The van der Waals surface area contributed by atoms with E-state index in [-0.39, 0.29) is 6.61 Å². The van der Waals surface area contributed by atoms with Crippen LogP contribution in [0.15, 0.2) is 18.2 Å². The van der Waals surface area contributed by atoms with Crippen LogP contribution in [0.4, 0.5) is 11.4 Å². The molecule has 2 unspecified atom stereocenters. The van der Waals surface area contributed by atoms with Gasteiger partial charge in [0.05, 0.1) is 11.4 Å². The number of nitrogen functional groups attached to an aromatic ring is 1. The monoisotopic (exact) mass is 277 g/mol. The molecule has 0 saturated heterocycles. The Morgan fingerprint density at radius 1 is 1.30 bits per heavy atom. The number of amides is 1. The maximum absolute atomic E-state index is 11.2. The average molecular weight is 277 g/mol. The lowest BCUT2D eigenvalue weighted by molar-refractivity contribution is 0.100. The Kier molecular flexibility index (Phi) is 4.84. The molecule has 2 rings (SSSR count). The van der Waals surface area contributed by atoms with Crippen LogP contribution in [-0.4, -0.2) is 24.2 Å². The number of aliphatic hydroxyl groups excluding tert-OH is 1. The summed E-state index contributed by atoms with van der Waals surface area (Å²) in [5, 5.41) is 12.7. The predicted octanol–water partition coefficient (Wildman–Crippen LogP) is 1.58. The topological polar surface area (TPSA) is 101 Å². The van der Waals surface area contributed by atoms with E-state index in [4.69, 9.17) is 11.5 Å². The Balaban J connectivity index is 2.02. The quantitative estimate of drug-likeness (QED) is 0.614. The van der Waals surface area contributed by atoms with Crippen LogP contribution in [0, 0.1) is 11.8 Å². The van der Waals surface area contributed by atoms with Gasteiger partial charge >= 0.3 is 0 Å². The van der Waals surface area contributed by atoms with Crippen molar-refractivity contribution < 1.29 is 9.90 Å². The van der Waals surface area contributed by atoms with E-state index in [1.165, 1.54) is 12.8 Å². The average Bonchev–Trinajstić information content (AvgIpc) is 2.46. The lowest BCUT2D eigenvalue weighted by Gasteiger charge is -2.30. The van der Waals surface area contributed by atoms with Crippen molar-refractivity contribution in [3.8, 4) is 0 Å². The highest BCUT2D eigenvalue weighted by molar-refractivity contribution is 5.94. The van der Waals surface area contributed by atoms with Crippen LogP contribution in [0.3, 0.4) is 0 Å². The third-order valence-electron chi connectivity index (χ3n) is 4.19. The number of nitrogens with two attached hydrogens (primary N) is 2. The Morgan fingerprint density at radius 3 is 2.65 bits per heavy atom. The molecule has 0 aliphatic heterocycles. The van der Waals surface area contributed by atoms with Crippen molar-refractivity contribution in [2.24, 2.45) is 17.6 Å². The molecule has 5 heteroatoms. The van der Waals surface area contributed by atoms with Crippen molar-refractivity contribution in [3.63, 3.8) is 0 Å². The van der Waals surface area contributed by atoms with Crippen molar-refractivity contribution >= 4 is 17.3 Å². The first-order valence-corrected chi connectivity index (χ1v) is 7.16. The number of hydrogen-bond acceptors (Lipinski definition) is 4. The summed E-state index contributed by atoms with van der Waals surface area (Å²) in [6.45, 7) is 1.00. The third-order valence-corrected chi connectivity index (χ3v) is 4.19. The number of aliphatic hydroxyl groups is 1. The Hall–Kier alpha value is -1.75. The van der Waals surface area contributed by atoms with Crippen LogP contribution in [-0.2, 0) is 0 Å². The molecule has 6 N–H and O–H groups in total. The SMILES string of the molecule is NC(=O)c1ccc(N)c(NCC2CCCCC2CO)c1. The molecule has 110 valence electrons. The van der Waals surface area contributed by atoms with Crippen LogP contribution >= 0.6 is 0 Å². The molecule has 5 nitrogen and oxygen atoms in total. The molecule has 1 aliphatic rings. The zero-order valence-corrected chi connectivity index (χ0v) is 11.6. The second-order valence-corrected chi connectivity index (χ2v) is 5.53. The highest BCUT2D eigenvalue weighted by Crippen LogP contribution is 2.30. The summed E-state index contributed by atoms with van der Waals surface area (Å²) in [7, 11) is 0. The van der Waals surface area contributed by atoms with Gasteiger partial charge in [-0.05, 0) is 42.9 Å². The van der Waals surface area contributed by atoms with Crippen LogP contribution in [0.5, 0.6) is 0 Å². The van der Waals surface area contributed by atoms with Gasteiger partial charge in [-0.3, -0.25) is 4.79 Å². The van der Waals surface area contributed by atoms with E-state index < -0.39 is 5.91 Å². The predicted molar refractivity (Wildman–Crippen MR) is 80.4 cm³/mol. The van der Waals surface area contributed by atoms with E-state index in [0.717, 1.165) is 25.1 Å². The van der Waals surface area contributed by atoms with Gasteiger partial charge in [0.15, 0.2) is 0 Å². The fraction of sp³-hybridized carbons (Fsp3) is 0.533. The highest BCUT2D eigenvalue weighted by Gasteiger charge is 2.24. The van der Waals surface area contributed by atoms with Crippen molar-refractivity contribution in [2.45, 2.75) is 25.7 Å². The molecule has 0 bridgehead atoms. The van der Waals surface area contributed by atoms with Crippen LogP contribution < -0.4 is 16.8 Å². The van der Waals surface area contributed by atoms with Gasteiger partial charge in [0.1, 0.15) is 0 Å². The normalized spacial score (nSPS) is 22.4. The number of rotatable bonds is 5. The largest absolute Gasteiger partial charge is 0.397 e. The van der Waals surface area contributed by atoms with Gasteiger partial charge in [0.25, 0.3) is 0 Å². The summed E-state index contributed by atoms with van der Waals surface area (Å²) in [5.41, 5.74) is 13.0. The fourth-order valence-electron chi connectivity index (χ4n) is 2.90. The summed E-state index contributed by atoms with van der Waals surface area (Å²) < 4.78 is 0. The molecule has 1 fully saturated rings. The number of nitrogens with one attached hydrogen (secondary N) is 1. The molecule has 0 radical (unpaired) electrons. The standard InChI is InChI=1S/C15H23N3O2/c16-13-6-5-10(15(17)20)7-14(13)18-8-11-3-1-2-4-12(11)9-19/h5-7,11-12,18-19H,1-4,8-9,16H2,(H2,17,20). The van der Waals surface area contributed by atoms with Crippen LogP contribution in [0.1, 0.15) is 36.0 Å². The van der Waals surface area contributed by atoms with E-state index in [9.17, 15) is 9.90 Å². The van der Waals surface area contributed by atoms with E-state index in [1.807, 2.05) is 0 Å². The van der Waals surface area contributed by atoms with Crippen molar-refractivity contribution in [1.82, 2.24) is 0 Å². The maximum atomic E-state index is 11.2. The first-order valence-electron chi connectivity index (χ1n) is 7.16. The Bertz CT molecular complexity index is 476. The van der Waals surface area contributed by atoms with E-state index in [0.29, 0.717) is 23.1 Å². The summed E-state index contributed by atoms with van der Waals surface area (Å²) in [5.74, 6) is 0.348. The molecule has 1 aromatic rings. The van der Waals surface area contributed by atoms with Gasteiger partial charge in [-0.25, -0.2) is 0 Å². The molecule has 0 spiro atoms. The first kappa shape index (κ1) is 14.7. The Labute approximate surface area is 119 Å². The van der Waals surface area contributed by atoms with E-state index in [1.54, 1.807) is 18.2 Å². The number of carbonyl (C=O) groups excluding carboxylic acids is 1. The molecule has 1 amide bonds. The van der Waals surface area contributed by atoms with Crippen molar-refractivity contribution in [2.75, 3.05) is 24.2 Å². The van der Waals surface area contributed by atoms with Gasteiger partial charge in [-0.1, -0.05) is 12.8 Å². The molecule has 0 heterocycles. The van der Waals surface area contributed by atoms with Gasteiger partial charge in [-0.15, -0.1) is 0 Å². The Morgan fingerprint density at radius 2 is 2.00 bits per heavy atom. The molecule has 1 aliphatic carbocycles. The number of primary amides is 1. The highest BCUT2D eigenvalue weighted by atomic mass is 16.3. The molecule has 2 atom stereocenters. The van der Waals surface area contributed by atoms with E-state index >= 15 is 0 Å². The van der Waals surface area contributed by atoms with Crippen LogP contribution in [0.2, 0.25) is 0 Å². The third kappa shape index (κ3) is 3.42. The number of benzene rings is 1. The smallest absolute Gasteiger partial charge is 0.248 e. The van der Waals surface area contributed by atoms with Gasteiger partial charge in [0.2, 0.25) is 5.91 Å². The summed E-state index contributed by atoms with van der Waals surface area (Å²) in [4.78, 5) is 11.2. The summed E-state index contributed by atoms with van der Waals surface area (Å²) >= 11 is 0.